The molecule has 1 aliphatic heterocycles. The van der Waals surface area contributed by atoms with E-state index in [2.05, 4.69) is 5.06 Å². The van der Waals surface area contributed by atoms with Crippen molar-refractivity contribution in [2.75, 3.05) is 27.4 Å². The standard InChI is InChI=1S/C19H33NO5/c1-13(22)25-16-6-7-19(8-9-20(24-3)18(19)11-16)15-5-4-14(12-21)17(10-15)23-2/h14-18,21H,4-12H2,1-3H3. The first-order valence-electron chi connectivity index (χ1n) is 9.65. The number of hydrogen-bond donors (Lipinski definition) is 1. The zero-order valence-corrected chi connectivity index (χ0v) is 15.8. The molecule has 0 radical (unpaired) electrons. The first-order valence-corrected chi connectivity index (χ1v) is 9.65. The summed E-state index contributed by atoms with van der Waals surface area (Å²) in [7, 11) is 3.50. The Morgan fingerprint density at radius 3 is 2.64 bits per heavy atom. The maximum atomic E-state index is 11.4. The highest BCUT2D eigenvalue weighted by atomic mass is 16.7. The molecule has 3 fully saturated rings. The van der Waals surface area contributed by atoms with E-state index in [1.807, 2.05) is 0 Å². The molecule has 3 aliphatic rings. The number of hydrogen-bond acceptors (Lipinski definition) is 6. The minimum atomic E-state index is -0.192. The highest BCUT2D eigenvalue weighted by Gasteiger charge is 2.56. The van der Waals surface area contributed by atoms with Crippen LogP contribution in [-0.4, -0.2) is 61.8 Å². The van der Waals surface area contributed by atoms with Crippen LogP contribution in [0.3, 0.4) is 0 Å². The number of carbonyl (C=O) groups excluding carboxylic acids is 1. The van der Waals surface area contributed by atoms with Gasteiger partial charge in [-0.05, 0) is 49.9 Å². The van der Waals surface area contributed by atoms with Crippen molar-refractivity contribution < 1.29 is 24.2 Å². The van der Waals surface area contributed by atoms with Crippen LogP contribution in [-0.2, 0) is 19.1 Å². The lowest BCUT2D eigenvalue weighted by atomic mass is 9.57. The summed E-state index contributed by atoms with van der Waals surface area (Å²) in [5, 5.41) is 11.7. The number of rotatable bonds is 5. The Kier molecular flexibility index (Phi) is 6.03. The molecule has 0 aromatic rings. The fraction of sp³-hybridized carbons (Fsp3) is 0.947. The first kappa shape index (κ1) is 19.1. The van der Waals surface area contributed by atoms with Crippen molar-refractivity contribution in [3.8, 4) is 0 Å². The topological polar surface area (TPSA) is 68.2 Å². The second-order valence-electron chi connectivity index (χ2n) is 8.05. The summed E-state index contributed by atoms with van der Waals surface area (Å²) in [5.41, 5.74) is 0.212. The van der Waals surface area contributed by atoms with Crippen molar-refractivity contribution in [1.29, 1.82) is 0 Å². The number of methoxy groups -OCH3 is 1. The molecular weight excluding hydrogens is 322 g/mol. The van der Waals surface area contributed by atoms with Crippen LogP contribution in [0.1, 0.15) is 51.9 Å². The lowest BCUT2D eigenvalue weighted by Crippen LogP contribution is -2.52. The van der Waals surface area contributed by atoms with Gasteiger partial charge in [0, 0.05) is 45.6 Å². The summed E-state index contributed by atoms with van der Waals surface area (Å²) >= 11 is 0. The van der Waals surface area contributed by atoms with E-state index in [0.717, 1.165) is 51.5 Å². The van der Waals surface area contributed by atoms with E-state index in [9.17, 15) is 9.90 Å². The number of fused-ring (bicyclic) bond motifs is 1. The molecule has 0 bridgehead atoms. The van der Waals surface area contributed by atoms with Crippen molar-refractivity contribution in [2.24, 2.45) is 17.3 Å². The monoisotopic (exact) mass is 355 g/mol. The van der Waals surface area contributed by atoms with Gasteiger partial charge < -0.3 is 19.4 Å². The maximum Gasteiger partial charge on any atom is 0.302 e. The third-order valence-corrected chi connectivity index (χ3v) is 7.07. The van der Waals surface area contributed by atoms with Crippen LogP contribution in [0.5, 0.6) is 0 Å². The van der Waals surface area contributed by atoms with Gasteiger partial charge in [0.2, 0.25) is 0 Å². The smallest absolute Gasteiger partial charge is 0.302 e. The number of hydroxylamine groups is 2. The molecule has 144 valence electrons. The molecule has 25 heavy (non-hydrogen) atoms. The average Bonchev–Trinajstić information content (AvgIpc) is 2.99. The first-order chi connectivity index (χ1) is 12.0. The van der Waals surface area contributed by atoms with Crippen molar-refractivity contribution in [3.63, 3.8) is 0 Å². The number of aliphatic hydroxyl groups excluding tert-OH is 1. The van der Waals surface area contributed by atoms with Gasteiger partial charge >= 0.3 is 5.97 Å². The summed E-state index contributed by atoms with van der Waals surface area (Å²) in [6.07, 6.45) is 7.29. The molecule has 0 amide bonds. The Bertz CT molecular complexity index is 473. The third-order valence-electron chi connectivity index (χ3n) is 7.07. The van der Waals surface area contributed by atoms with Gasteiger partial charge in [-0.2, -0.15) is 5.06 Å². The summed E-state index contributed by atoms with van der Waals surface area (Å²) in [6.45, 7) is 2.63. The van der Waals surface area contributed by atoms with E-state index in [1.165, 1.54) is 6.92 Å². The van der Waals surface area contributed by atoms with Crippen LogP contribution in [0, 0.1) is 17.3 Å². The predicted molar refractivity (Wildman–Crippen MR) is 92.7 cm³/mol. The van der Waals surface area contributed by atoms with Crippen LogP contribution in [0.25, 0.3) is 0 Å². The van der Waals surface area contributed by atoms with Crippen LogP contribution < -0.4 is 0 Å². The number of nitrogens with zero attached hydrogens (tertiary/aromatic N) is 1. The fourth-order valence-corrected chi connectivity index (χ4v) is 5.82. The lowest BCUT2D eigenvalue weighted by Gasteiger charge is -2.51. The van der Waals surface area contributed by atoms with E-state index >= 15 is 0 Å². The number of aliphatic hydroxyl groups is 1. The molecule has 0 aromatic heterocycles. The molecule has 0 spiro atoms. The van der Waals surface area contributed by atoms with Gasteiger partial charge in [-0.25, -0.2) is 0 Å². The minimum absolute atomic E-state index is 0.00150. The molecule has 1 heterocycles. The van der Waals surface area contributed by atoms with Gasteiger partial charge in [-0.3, -0.25) is 4.79 Å². The molecule has 6 nitrogen and oxygen atoms in total. The highest BCUT2D eigenvalue weighted by Crippen LogP contribution is 2.56. The van der Waals surface area contributed by atoms with Gasteiger partial charge in [-0.1, -0.05) is 0 Å². The quantitative estimate of drug-likeness (QED) is 0.762. The Labute approximate surface area is 150 Å². The Morgan fingerprint density at radius 2 is 2.00 bits per heavy atom. The molecular formula is C19H33NO5. The third kappa shape index (κ3) is 3.59. The van der Waals surface area contributed by atoms with E-state index in [4.69, 9.17) is 14.3 Å². The molecule has 0 aromatic carbocycles. The molecule has 6 atom stereocenters. The number of esters is 1. The van der Waals surface area contributed by atoms with Gasteiger partial charge in [0.05, 0.1) is 13.2 Å². The van der Waals surface area contributed by atoms with E-state index in [-0.39, 0.29) is 36.1 Å². The second kappa shape index (κ2) is 7.91. The van der Waals surface area contributed by atoms with Crippen LogP contribution >= 0.6 is 0 Å². The molecule has 6 heteroatoms. The van der Waals surface area contributed by atoms with Gasteiger partial charge in [0.25, 0.3) is 0 Å². The molecule has 2 saturated carbocycles. The Morgan fingerprint density at radius 1 is 1.20 bits per heavy atom. The van der Waals surface area contributed by atoms with Gasteiger partial charge in [0.15, 0.2) is 0 Å². The van der Waals surface area contributed by atoms with E-state index in [0.29, 0.717) is 12.0 Å². The summed E-state index contributed by atoms with van der Waals surface area (Å²) in [4.78, 5) is 17.0. The largest absolute Gasteiger partial charge is 0.463 e. The molecule has 3 rings (SSSR count). The van der Waals surface area contributed by atoms with Crippen molar-refractivity contribution in [2.45, 2.75) is 70.1 Å². The average molecular weight is 355 g/mol. The normalized spacial score (nSPS) is 42.2. The van der Waals surface area contributed by atoms with Crippen molar-refractivity contribution in [1.82, 2.24) is 5.06 Å². The second-order valence-corrected chi connectivity index (χ2v) is 8.05. The zero-order valence-electron chi connectivity index (χ0n) is 15.8. The Balaban J connectivity index is 1.77. The maximum absolute atomic E-state index is 11.4. The molecule has 6 unspecified atom stereocenters. The summed E-state index contributed by atoms with van der Waals surface area (Å²) in [6, 6.07) is 0.295. The van der Waals surface area contributed by atoms with Crippen LogP contribution in [0.4, 0.5) is 0 Å². The highest BCUT2D eigenvalue weighted by molar-refractivity contribution is 5.66. The number of carbonyl (C=O) groups is 1. The van der Waals surface area contributed by atoms with Gasteiger partial charge in [0.1, 0.15) is 6.10 Å². The molecule has 1 saturated heterocycles. The van der Waals surface area contributed by atoms with E-state index in [1.54, 1.807) is 14.2 Å². The molecule has 1 N–H and O–H groups in total. The molecule has 2 aliphatic carbocycles. The van der Waals surface area contributed by atoms with Crippen LogP contribution in [0.2, 0.25) is 0 Å². The van der Waals surface area contributed by atoms with Crippen LogP contribution in [0.15, 0.2) is 0 Å². The fourth-order valence-electron chi connectivity index (χ4n) is 5.82. The predicted octanol–water partition coefficient (Wildman–Crippen LogP) is 2.15. The SMILES string of the molecule is COC1CC(C23CCC(OC(C)=O)CC2N(OC)CC3)CCC1CO. The summed E-state index contributed by atoms with van der Waals surface area (Å²) in [5.74, 6) is 0.638. The van der Waals surface area contributed by atoms with Crippen molar-refractivity contribution >= 4 is 5.97 Å². The Hall–Kier alpha value is -0.690. The number of ether oxygens (including phenoxy) is 2. The van der Waals surface area contributed by atoms with Gasteiger partial charge in [-0.15, -0.1) is 0 Å². The minimum Gasteiger partial charge on any atom is -0.463 e. The summed E-state index contributed by atoms with van der Waals surface area (Å²) < 4.78 is 11.2. The van der Waals surface area contributed by atoms with E-state index < -0.39 is 0 Å². The van der Waals surface area contributed by atoms with Crippen molar-refractivity contribution in [3.05, 3.63) is 0 Å². The zero-order chi connectivity index (χ0) is 18.0. The lowest BCUT2D eigenvalue weighted by molar-refractivity contribution is -0.187.